The summed E-state index contributed by atoms with van der Waals surface area (Å²) in [5, 5.41) is 0. The minimum Gasteiger partial charge on any atom is -0.454 e. The van der Waals surface area contributed by atoms with Crippen LogP contribution in [0.15, 0.2) is 42.5 Å². The number of rotatable bonds is 7. The SMILES string of the molecule is C[C@@H](OC(=O)CCCN1C(=O)c2ccccc2C1=O)C(=O)c1ccc2c(c1)CCC2. The lowest BCUT2D eigenvalue weighted by Gasteiger charge is -2.15. The lowest BCUT2D eigenvalue weighted by molar-refractivity contribution is -0.146. The van der Waals surface area contributed by atoms with Crippen molar-refractivity contribution in [3.63, 3.8) is 0 Å². The Morgan fingerprint density at radius 1 is 1.00 bits per heavy atom. The topological polar surface area (TPSA) is 80.8 Å². The number of hydrogen-bond acceptors (Lipinski definition) is 5. The first-order valence-electron chi connectivity index (χ1n) is 10.3. The predicted molar refractivity (Wildman–Crippen MR) is 109 cm³/mol. The largest absolute Gasteiger partial charge is 0.454 e. The Bertz CT molecular complexity index is 1010. The molecule has 2 aromatic rings. The molecule has 0 radical (unpaired) electrons. The molecule has 1 aliphatic heterocycles. The third-order valence-corrected chi connectivity index (χ3v) is 5.70. The lowest BCUT2D eigenvalue weighted by atomic mass is 10.0. The number of nitrogens with zero attached hydrogens (tertiary/aromatic N) is 1. The van der Waals surface area contributed by atoms with Crippen LogP contribution in [0, 0.1) is 0 Å². The molecule has 0 aromatic heterocycles. The Morgan fingerprint density at radius 3 is 2.37 bits per heavy atom. The molecule has 2 amide bonds. The second-order valence-electron chi connectivity index (χ2n) is 7.74. The maximum atomic E-state index is 12.6. The Labute approximate surface area is 174 Å². The van der Waals surface area contributed by atoms with Crippen molar-refractivity contribution in [2.45, 2.75) is 45.1 Å². The van der Waals surface area contributed by atoms with Gasteiger partial charge >= 0.3 is 5.97 Å². The van der Waals surface area contributed by atoms with E-state index in [1.807, 2.05) is 12.1 Å². The predicted octanol–water partition coefficient (Wildman–Crippen LogP) is 3.37. The van der Waals surface area contributed by atoms with Gasteiger partial charge in [0, 0.05) is 18.5 Å². The fourth-order valence-corrected chi connectivity index (χ4v) is 4.09. The molecule has 1 aliphatic carbocycles. The quantitative estimate of drug-likeness (QED) is 0.401. The van der Waals surface area contributed by atoms with Gasteiger partial charge in [0.15, 0.2) is 6.10 Å². The molecule has 2 aliphatic rings. The number of benzene rings is 2. The van der Waals surface area contributed by atoms with Crippen LogP contribution in [0.25, 0.3) is 0 Å². The summed E-state index contributed by atoms with van der Waals surface area (Å²) < 4.78 is 5.29. The minimum absolute atomic E-state index is 0.0230. The zero-order valence-corrected chi connectivity index (χ0v) is 16.8. The van der Waals surface area contributed by atoms with Crippen LogP contribution in [0.3, 0.4) is 0 Å². The molecular weight excluding hydrogens is 382 g/mol. The van der Waals surface area contributed by atoms with Crippen LogP contribution >= 0.6 is 0 Å². The van der Waals surface area contributed by atoms with Gasteiger partial charge in [-0.05, 0) is 61.9 Å². The molecule has 154 valence electrons. The number of aryl methyl sites for hydroxylation is 2. The van der Waals surface area contributed by atoms with Crippen molar-refractivity contribution in [1.82, 2.24) is 4.90 Å². The van der Waals surface area contributed by atoms with Crippen molar-refractivity contribution < 1.29 is 23.9 Å². The van der Waals surface area contributed by atoms with Crippen LogP contribution in [-0.2, 0) is 22.4 Å². The van der Waals surface area contributed by atoms with Gasteiger partial charge in [-0.25, -0.2) is 0 Å². The van der Waals surface area contributed by atoms with Crippen LogP contribution in [-0.4, -0.2) is 41.1 Å². The highest BCUT2D eigenvalue weighted by Gasteiger charge is 2.34. The molecule has 0 spiro atoms. The highest BCUT2D eigenvalue weighted by Crippen LogP contribution is 2.24. The molecule has 0 saturated heterocycles. The second-order valence-corrected chi connectivity index (χ2v) is 7.74. The number of carbonyl (C=O) groups excluding carboxylic acids is 4. The first-order valence-corrected chi connectivity index (χ1v) is 10.3. The van der Waals surface area contributed by atoms with Crippen molar-refractivity contribution in [3.8, 4) is 0 Å². The molecule has 6 nitrogen and oxygen atoms in total. The van der Waals surface area contributed by atoms with E-state index in [-0.39, 0.29) is 37.0 Å². The van der Waals surface area contributed by atoms with E-state index in [0.29, 0.717) is 16.7 Å². The van der Waals surface area contributed by atoms with Gasteiger partial charge in [0.2, 0.25) is 5.78 Å². The van der Waals surface area contributed by atoms with Crippen molar-refractivity contribution in [2.75, 3.05) is 6.54 Å². The van der Waals surface area contributed by atoms with Crippen molar-refractivity contribution >= 4 is 23.6 Å². The number of fused-ring (bicyclic) bond motifs is 2. The normalized spacial score (nSPS) is 15.7. The summed E-state index contributed by atoms with van der Waals surface area (Å²) in [6.45, 7) is 1.70. The molecule has 6 heteroatoms. The van der Waals surface area contributed by atoms with Gasteiger partial charge in [-0.1, -0.05) is 24.3 Å². The summed E-state index contributed by atoms with van der Waals surface area (Å²) >= 11 is 0. The zero-order chi connectivity index (χ0) is 21.3. The number of imide groups is 1. The first-order chi connectivity index (χ1) is 14.5. The Balaban J connectivity index is 1.27. The number of ketones is 1. The molecule has 2 aromatic carbocycles. The molecule has 0 unspecified atom stereocenters. The van der Waals surface area contributed by atoms with Gasteiger partial charge in [-0.2, -0.15) is 0 Å². The summed E-state index contributed by atoms with van der Waals surface area (Å²) in [5.41, 5.74) is 3.81. The number of carbonyl (C=O) groups is 4. The fraction of sp³-hybridized carbons (Fsp3) is 0.333. The summed E-state index contributed by atoms with van der Waals surface area (Å²) in [5.74, 6) is -1.43. The number of esters is 1. The van der Waals surface area contributed by atoms with Crippen LogP contribution in [0.2, 0.25) is 0 Å². The van der Waals surface area contributed by atoms with E-state index >= 15 is 0 Å². The first kappa shape index (κ1) is 20.0. The number of hydrogen-bond donors (Lipinski definition) is 0. The number of ether oxygens (including phenoxy) is 1. The zero-order valence-electron chi connectivity index (χ0n) is 16.8. The van der Waals surface area contributed by atoms with Crippen LogP contribution in [0.4, 0.5) is 0 Å². The molecule has 0 saturated carbocycles. The van der Waals surface area contributed by atoms with Gasteiger partial charge < -0.3 is 4.74 Å². The van der Waals surface area contributed by atoms with E-state index in [4.69, 9.17) is 4.74 Å². The summed E-state index contributed by atoms with van der Waals surface area (Å²) in [4.78, 5) is 50.6. The van der Waals surface area contributed by atoms with Crippen molar-refractivity contribution in [2.24, 2.45) is 0 Å². The Kier molecular flexibility index (Phi) is 5.48. The van der Waals surface area contributed by atoms with Crippen LogP contribution in [0.1, 0.15) is 68.4 Å². The van der Waals surface area contributed by atoms with Crippen LogP contribution < -0.4 is 0 Å². The van der Waals surface area contributed by atoms with Crippen LogP contribution in [0.5, 0.6) is 0 Å². The third kappa shape index (κ3) is 3.77. The van der Waals surface area contributed by atoms with E-state index in [0.717, 1.165) is 24.2 Å². The fourth-order valence-electron chi connectivity index (χ4n) is 4.09. The molecule has 1 atom stereocenters. The smallest absolute Gasteiger partial charge is 0.306 e. The van der Waals surface area contributed by atoms with Gasteiger partial charge in [0.1, 0.15) is 0 Å². The molecular formula is C24H23NO5. The molecule has 30 heavy (non-hydrogen) atoms. The maximum Gasteiger partial charge on any atom is 0.306 e. The highest BCUT2D eigenvalue weighted by atomic mass is 16.5. The van der Waals surface area contributed by atoms with Crippen molar-refractivity contribution in [3.05, 3.63) is 70.3 Å². The Morgan fingerprint density at radius 2 is 1.67 bits per heavy atom. The monoisotopic (exact) mass is 405 g/mol. The molecule has 0 bridgehead atoms. The maximum absolute atomic E-state index is 12.6. The Hall–Kier alpha value is -3.28. The second kappa shape index (κ2) is 8.22. The van der Waals surface area contributed by atoms with E-state index in [1.165, 1.54) is 11.1 Å². The standard InChI is InChI=1S/C24H23NO5/c1-15(22(27)18-12-11-16-6-4-7-17(16)14-18)30-21(26)10-5-13-25-23(28)19-8-2-3-9-20(19)24(25)29/h2-3,8-9,11-12,14-15H,4-7,10,13H2,1H3/t15-/m1/s1. The minimum atomic E-state index is -0.878. The number of amides is 2. The van der Waals surface area contributed by atoms with Gasteiger partial charge in [0.25, 0.3) is 11.8 Å². The average Bonchev–Trinajstić information content (AvgIpc) is 3.31. The summed E-state index contributed by atoms with van der Waals surface area (Å²) in [7, 11) is 0. The molecule has 0 fully saturated rings. The lowest BCUT2D eigenvalue weighted by Crippen LogP contribution is -2.31. The molecule has 4 rings (SSSR count). The summed E-state index contributed by atoms with van der Waals surface area (Å²) in [6.07, 6.45) is 2.55. The summed E-state index contributed by atoms with van der Waals surface area (Å²) in [6, 6.07) is 12.3. The average molecular weight is 405 g/mol. The van der Waals surface area contributed by atoms with Gasteiger partial charge in [-0.3, -0.25) is 24.1 Å². The van der Waals surface area contributed by atoms with Gasteiger partial charge in [-0.15, -0.1) is 0 Å². The number of Topliss-reactive ketones (excluding diaryl/α,β-unsaturated/α-hetero) is 1. The molecule has 1 heterocycles. The van der Waals surface area contributed by atoms with Gasteiger partial charge in [0.05, 0.1) is 11.1 Å². The molecule has 0 N–H and O–H groups in total. The van der Waals surface area contributed by atoms with E-state index < -0.39 is 12.1 Å². The van der Waals surface area contributed by atoms with E-state index in [1.54, 1.807) is 37.3 Å². The van der Waals surface area contributed by atoms with E-state index in [2.05, 4.69) is 0 Å². The van der Waals surface area contributed by atoms with Crippen molar-refractivity contribution in [1.29, 1.82) is 0 Å². The highest BCUT2D eigenvalue weighted by molar-refractivity contribution is 6.21. The third-order valence-electron chi connectivity index (χ3n) is 5.70. The van der Waals surface area contributed by atoms with E-state index in [9.17, 15) is 19.2 Å².